The Kier molecular flexibility index (Phi) is 6.72. The lowest BCUT2D eigenvalue weighted by Crippen LogP contribution is -2.49. The number of rotatable bonds is 4. The average molecular weight is 513 g/mol. The van der Waals surface area contributed by atoms with Crippen molar-refractivity contribution in [3.05, 3.63) is 113 Å². The van der Waals surface area contributed by atoms with Gasteiger partial charge >= 0.3 is 0 Å². The Morgan fingerprint density at radius 1 is 0.972 bits per heavy atom. The van der Waals surface area contributed by atoms with E-state index in [-0.39, 0.29) is 11.9 Å². The van der Waals surface area contributed by atoms with Crippen LogP contribution in [0.4, 0.5) is 5.69 Å². The number of nitrogens with zero attached hydrogens (tertiary/aromatic N) is 2. The van der Waals surface area contributed by atoms with Crippen molar-refractivity contribution in [2.75, 3.05) is 11.9 Å². The number of hydrogen-bond donors (Lipinski definition) is 2. The second-order valence-electron chi connectivity index (χ2n) is 8.75. The molecule has 0 bridgehead atoms. The molecule has 2 atom stereocenters. The number of benzodiazepines with no additional fused rings is 1. The molecule has 0 fully saturated rings. The minimum atomic E-state index is -0.903. The molecule has 4 aromatic rings. The molecule has 2 unspecified atom stereocenters. The van der Waals surface area contributed by atoms with Crippen LogP contribution < -0.4 is 15.5 Å². The van der Waals surface area contributed by atoms with Crippen LogP contribution in [0.25, 0.3) is 10.8 Å². The Bertz CT molecular complexity index is 1490. The maximum Gasteiger partial charge on any atom is 0.272 e. The normalized spacial score (nSPS) is 16.1. The quantitative estimate of drug-likeness (QED) is 0.336. The van der Waals surface area contributed by atoms with Gasteiger partial charge in [-0.1, -0.05) is 78.3 Å². The van der Waals surface area contributed by atoms with Crippen LogP contribution in [0.15, 0.2) is 96.0 Å². The van der Waals surface area contributed by atoms with Crippen LogP contribution in [0.5, 0.6) is 0 Å². The molecule has 5 nitrogen and oxygen atoms in total. The molecule has 0 aliphatic carbocycles. The fraction of sp³-hybridized carbons (Fsp3) is 0.138. The highest BCUT2D eigenvalue weighted by atomic mass is 35.5. The number of carbonyl (C=O) groups is 1. The molecule has 36 heavy (non-hydrogen) atoms. The Balaban J connectivity index is 1.43. The van der Waals surface area contributed by atoms with E-state index in [1.165, 1.54) is 5.39 Å². The lowest BCUT2D eigenvalue weighted by molar-refractivity contribution is -0.119. The van der Waals surface area contributed by atoms with E-state index in [2.05, 4.69) is 41.0 Å². The molecule has 1 heterocycles. The number of hydrogen-bond acceptors (Lipinski definition) is 3. The second kappa shape index (κ2) is 10.1. The van der Waals surface area contributed by atoms with Crippen molar-refractivity contribution in [3.8, 4) is 0 Å². The monoisotopic (exact) mass is 512 g/mol. The molecule has 0 saturated heterocycles. The van der Waals surface area contributed by atoms with E-state index in [0.29, 0.717) is 15.8 Å². The summed E-state index contributed by atoms with van der Waals surface area (Å²) >= 11 is 12.0. The highest BCUT2D eigenvalue weighted by Crippen LogP contribution is 2.30. The lowest BCUT2D eigenvalue weighted by Gasteiger charge is -2.23. The molecule has 1 aliphatic heterocycles. The van der Waals surface area contributed by atoms with Gasteiger partial charge in [-0.3, -0.25) is 4.79 Å². The van der Waals surface area contributed by atoms with Gasteiger partial charge in [0.15, 0.2) is 5.11 Å². The van der Waals surface area contributed by atoms with E-state index < -0.39 is 6.17 Å². The van der Waals surface area contributed by atoms with Crippen LogP contribution in [0.1, 0.15) is 29.7 Å². The summed E-state index contributed by atoms with van der Waals surface area (Å²) in [6.45, 7) is 2.04. The first-order valence-electron chi connectivity index (χ1n) is 11.7. The molecule has 0 aromatic heterocycles. The summed E-state index contributed by atoms with van der Waals surface area (Å²) in [5.74, 6) is -0.216. The fourth-order valence-corrected chi connectivity index (χ4v) is 4.85. The molecule has 2 N–H and O–H groups in total. The molecule has 5 rings (SSSR count). The molecule has 0 saturated carbocycles. The molecular formula is C29H25ClN4OS. The molecule has 4 aromatic carbocycles. The van der Waals surface area contributed by atoms with Crippen molar-refractivity contribution < 1.29 is 4.79 Å². The topological polar surface area (TPSA) is 56.7 Å². The molecule has 0 spiro atoms. The number of halogens is 1. The fourth-order valence-electron chi connectivity index (χ4n) is 4.39. The van der Waals surface area contributed by atoms with Crippen molar-refractivity contribution >= 4 is 57.0 Å². The summed E-state index contributed by atoms with van der Waals surface area (Å²) < 4.78 is 0. The van der Waals surface area contributed by atoms with Crippen molar-refractivity contribution in [1.82, 2.24) is 10.6 Å². The standard InChI is InChI=1S/C29H25ClN4OS/c1-18(21-13-12-19-8-6-7-11-22(19)16-21)31-29(36)33-27-28(35)34(2)25-15-14-23(30)17-24(25)26(32-27)20-9-4-3-5-10-20/h3-18,27H,1-2H3,(H2,31,33,36). The first-order valence-corrected chi connectivity index (χ1v) is 12.5. The van der Waals surface area contributed by atoms with E-state index in [4.69, 9.17) is 28.8 Å². The number of thiocarbonyl (C=S) groups is 1. The summed E-state index contributed by atoms with van der Waals surface area (Å²) in [5, 5.41) is 9.71. The van der Waals surface area contributed by atoms with Crippen LogP contribution in [0, 0.1) is 0 Å². The zero-order valence-electron chi connectivity index (χ0n) is 19.9. The first kappa shape index (κ1) is 24.0. The number of benzene rings is 4. The highest BCUT2D eigenvalue weighted by molar-refractivity contribution is 7.80. The minimum absolute atomic E-state index is 0.0678. The largest absolute Gasteiger partial charge is 0.356 e. The van der Waals surface area contributed by atoms with Crippen molar-refractivity contribution in [2.24, 2.45) is 4.99 Å². The SMILES string of the molecule is CC(NC(=S)NC1N=C(c2ccccc2)c2cc(Cl)ccc2N(C)C1=O)c1ccc2ccccc2c1. The molecule has 1 aliphatic rings. The van der Waals surface area contributed by atoms with Gasteiger partial charge in [-0.15, -0.1) is 0 Å². The Morgan fingerprint density at radius 3 is 2.47 bits per heavy atom. The van der Waals surface area contributed by atoms with Crippen LogP contribution >= 0.6 is 23.8 Å². The van der Waals surface area contributed by atoms with Gasteiger partial charge in [-0.25, -0.2) is 4.99 Å². The van der Waals surface area contributed by atoms with Crippen LogP contribution in [0.3, 0.4) is 0 Å². The summed E-state index contributed by atoms with van der Waals surface area (Å²) in [6.07, 6.45) is -0.903. The summed E-state index contributed by atoms with van der Waals surface area (Å²) in [4.78, 5) is 19.9. The summed E-state index contributed by atoms with van der Waals surface area (Å²) in [6, 6.07) is 29.7. The number of nitrogens with one attached hydrogen (secondary N) is 2. The van der Waals surface area contributed by atoms with Gasteiger partial charge in [0.2, 0.25) is 6.17 Å². The number of amides is 1. The van der Waals surface area contributed by atoms with E-state index in [1.807, 2.05) is 61.5 Å². The van der Waals surface area contributed by atoms with Gasteiger partial charge in [-0.2, -0.15) is 0 Å². The van der Waals surface area contributed by atoms with Gasteiger partial charge in [0.1, 0.15) is 0 Å². The zero-order valence-corrected chi connectivity index (χ0v) is 21.5. The lowest BCUT2D eigenvalue weighted by atomic mass is 10.0. The van der Waals surface area contributed by atoms with Crippen LogP contribution in [-0.4, -0.2) is 29.9 Å². The third kappa shape index (κ3) is 4.83. The van der Waals surface area contributed by atoms with Gasteiger partial charge < -0.3 is 15.5 Å². The molecule has 7 heteroatoms. The van der Waals surface area contributed by atoms with Crippen LogP contribution in [0.2, 0.25) is 5.02 Å². The predicted octanol–water partition coefficient (Wildman–Crippen LogP) is 5.86. The number of fused-ring (bicyclic) bond motifs is 2. The number of anilines is 1. The first-order chi connectivity index (χ1) is 17.4. The van der Waals surface area contributed by atoms with Crippen molar-refractivity contribution in [3.63, 3.8) is 0 Å². The average Bonchev–Trinajstić information content (AvgIpc) is 2.99. The number of likely N-dealkylation sites (N-methyl/N-ethyl adjacent to an activating group) is 1. The third-order valence-corrected chi connectivity index (χ3v) is 6.80. The Morgan fingerprint density at radius 2 is 1.69 bits per heavy atom. The molecule has 1 amide bonds. The molecule has 180 valence electrons. The van der Waals surface area contributed by atoms with Crippen LogP contribution in [-0.2, 0) is 4.79 Å². The van der Waals surface area contributed by atoms with E-state index in [0.717, 1.165) is 27.8 Å². The maximum absolute atomic E-state index is 13.4. The van der Waals surface area contributed by atoms with E-state index in [1.54, 1.807) is 18.0 Å². The van der Waals surface area contributed by atoms with E-state index in [9.17, 15) is 4.79 Å². The maximum atomic E-state index is 13.4. The molecular weight excluding hydrogens is 488 g/mol. The van der Waals surface area contributed by atoms with Gasteiger partial charge in [-0.05, 0) is 59.7 Å². The number of aliphatic imine (C=N–C) groups is 1. The van der Waals surface area contributed by atoms with Gasteiger partial charge in [0.05, 0.1) is 17.4 Å². The minimum Gasteiger partial charge on any atom is -0.356 e. The number of carbonyl (C=O) groups excluding carboxylic acids is 1. The smallest absolute Gasteiger partial charge is 0.272 e. The van der Waals surface area contributed by atoms with Crippen molar-refractivity contribution in [2.45, 2.75) is 19.1 Å². The second-order valence-corrected chi connectivity index (χ2v) is 9.60. The van der Waals surface area contributed by atoms with E-state index >= 15 is 0 Å². The Labute approximate surface area is 220 Å². The summed E-state index contributed by atoms with van der Waals surface area (Å²) in [7, 11) is 1.74. The zero-order chi connectivity index (χ0) is 25.2. The van der Waals surface area contributed by atoms with Gasteiger partial charge in [0.25, 0.3) is 5.91 Å². The van der Waals surface area contributed by atoms with Crippen molar-refractivity contribution in [1.29, 1.82) is 0 Å². The highest BCUT2D eigenvalue weighted by Gasteiger charge is 2.30. The Hall–Kier alpha value is -3.74. The van der Waals surface area contributed by atoms with Gasteiger partial charge in [0, 0.05) is 23.2 Å². The summed E-state index contributed by atoms with van der Waals surface area (Å²) in [5.41, 5.74) is 4.18. The molecule has 0 radical (unpaired) electrons. The third-order valence-electron chi connectivity index (χ3n) is 6.33. The predicted molar refractivity (Wildman–Crippen MR) is 152 cm³/mol.